The van der Waals surface area contributed by atoms with Crippen LogP contribution in [-0.2, 0) is 6.54 Å². The topological polar surface area (TPSA) is 31.4 Å². The maximum atomic E-state index is 4.44. The molecule has 2 rings (SSSR count). The number of pyridine rings is 1. The van der Waals surface area contributed by atoms with Gasteiger partial charge in [0.1, 0.15) is 0 Å². The molecule has 0 saturated heterocycles. The highest BCUT2D eigenvalue weighted by atomic mass is 15.2. The Morgan fingerprint density at radius 2 is 2.00 bits per heavy atom. The summed E-state index contributed by atoms with van der Waals surface area (Å²) >= 11 is 0. The van der Waals surface area contributed by atoms with E-state index in [-0.39, 0.29) is 0 Å². The molecule has 0 spiro atoms. The van der Waals surface area contributed by atoms with Gasteiger partial charge < -0.3 is 15.1 Å². The Kier molecular flexibility index (Phi) is 4.77. The summed E-state index contributed by atoms with van der Waals surface area (Å²) in [6.07, 6.45) is 4.67. The van der Waals surface area contributed by atoms with Crippen LogP contribution in [0, 0.1) is 6.92 Å². The molecule has 1 heterocycles. The van der Waals surface area contributed by atoms with E-state index in [2.05, 4.69) is 54.2 Å². The first-order valence-electron chi connectivity index (χ1n) is 7.11. The minimum atomic E-state index is 0.737. The highest BCUT2D eigenvalue weighted by Gasteiger charge is 2.21. The highest BCUT2D eigenvalue weighted by molar-refractivity contribution is 5.53. The number of hydrogen-bond acceptors (Lipinski definition) is 4. The molecular weight excluding hydrogens is 236 g/mol. The van der Waals surface area contributed by atoms with Gasteiger partial charge in [0.25, 0.3) is 0 Å². The number of aryl methyl sites for hydroxylation is 1. The standard InChI is InChI=1S/C15H26N4/c1-12-9-15(19(4)8-7-18(2)3)13(10-16-12)11-17-14-5-6-14/h9-10,14,17H,5-8,11H2,1-4H3. The van der Waals surface area contributed by atoms with Crippen LogP contribution in [-0.4, -0.2) is 50.2 Å². The van der Waals surface area contributed by atoms with Crippen LogP contribution in [0.25, 0.3) is 0 Å². The van der Waals surface area contributed by atoms with Gasteiger partial charge in [-0.3, -0.25) is 4.98 Å². The fraction of sp³-hybridized carbons (Fsp3) is 0.667. The molecule has 0 amide bonds. The Morgan fingerprint density at radius 1 is 1.26 bits per heavy atom. The van der Waals surface area contributed by atoms with Crippen molar-refractivity contribution in [2.75, 3.05) is 39.1 Å². The van der Waals surface area contributed by atoms with Gasteiger partial charge in [0.15, 0.2) is 0 Å². The summed E-state index contributed by atoms with van der Waals surface area (Å²) < 4.78 is 0. The zero-order chi connectivity index (χ0) is 13.8. The normalized spacial score (nSPS) is 15.0. The van der Waals surface area contributed by atoms with E-state index < -0.39 is 0 Å². The summed E-state index contributed by atoms with van der Waals surface area (Å²) in [6, 6.07) is 2.93. The maximum Gasteiger partial charge on any atom is 0.0443 e. The van der Waals surface area contributed by atoms with Gasteiger partial charge in [-0.05, 0) is 39.9 Å². The first-order chi connectivity index (χ1) is 9.06. The van der Waals surface area contributed by atoms with E-state index in [0.29, 0.717) is 0 Å². The Balaban J connectivity index is 2.03. The SMILES string of the molecule is Cc1cc(N(C)CCN(C)C)c(CNC2CC2)cn1. The van der Waals surface area contributed by atoms with Crippen LogP contribution < -0.4 is 10.2 Å². The van der Waals surface area contributed by atoms with Crippen molar-refractivity contribution in [1.82, 2.24) is 15.2 Å². The lowest BCUT2D eigenvalue weighted by atomic mass is 10.2. The number of rotatable bonds is 7. The molecule has 1 fully saturated rings. The number of nitrogens with one attached hydrogen (secondary N) is 1. The van der Waals surface area contributed by atoms with Gasteiger partial charge in [-0.2, -0.15) is 0 Å². The molecule has 4 heteroatoms. The van der Waals surface area contributed by atoms with Crippen molar-refractivity contribution in [2.24, 2.45) is 0 Å². The van der Waals surface area contributed by atoms with Crippen molar-refractivity contribution in [3.63, 3.8) is 0 Å². The molecule has 0 radical (unpaired) electrons. The molecule has 1 saturated carbocycles. The minimum absolute atomic E-state index is 0.737. The molecule has 1 aromatic rings. The lowest BCUT2D eigenvalue weighted by Gasteiger charge is -2.24. The molecule has 0 aliphatic heterocycles. The average Bonchev–Trinajstić information content (AvgIpc) is 3.18. The third-order valence-corrected chi connectivity index (χ3v) is 3.55. The van der Waals surface area contributed by atoms with Gasteiger partial charge in [0.2, 0.25) is 0 Å². The molecule has 1 aliphatic rings. The second kappa shape index (κ2) is 6.35. The summed E-state index contributed by atoms with van der Waals surface area (Å²) in [5.74, 6) is 0. The molecule has 4 nitrogen and oxygen atoms in total. The van der Waals surface area contributed by atoms with Crippen molar-refractivity contribution in [3.05, 3.63) is 23.5 Å². The monoisotopic (exact) mass is 262 g/mol. The second-order valence-electron chi connectivity index (χ2n) is 5.83. The van der Waals surface area contributed by atoms with E-state index >= 15 is 0 Å². The quantitative estimate of drug-likeness (QED) is 0.809. The molecule has 19 heavy (non-hydrogen) atoms. The second-order valence-corrected chi connectivity index (χ2v) is 5.83. The highest BCUT2D eigenvalue weighted by Crippen LogP contribution is 2.23. The van der Waals surface area contributed by atoms with Crippen LogP contribution in [0.2, 0.25) is 0 Å². The number of hydrogen-bond donors (Lipinski definition) is 1. The molecular formula is C15H26N4. The first-order valence-corrected chi connectivity index (χ1v) is 7.11. The zero-order valence-electron chi connectivity index (χ0n) is 12.6. The van der Waals surface area contributed by atoms with Gasteiger partial charge in [-0.15, -0.1) is 0 Å². The van der Waals surface area contributed by atoms with Crippen LogP contribution in [0.4, 0.5) is 5.69 Å². The predicted octanol–water partition coefficient (Wildman–Crippen LogP) is 1.64. The Hall–Kier alpha value is -1.13. The summed E-state index contributed by atoms with van der Waals surface area (Å²) in [4.78, 5) is 8.99. The van der Waals surface area contributed by atoms with E-state index in [1.54, 1.807) is 0 Å². The first kappa shape index (κ1) is 14.3. The van der Waals surface area contributed by atoms with Crippen LogP contribution >= 0.6 is 0 Å². The molecule has 0 atom stereocenters. The molecule has 1 aliphatic carbocycles. The average molecular weight is 262 g/mol. The van der Waals surface area contributed by atoms with Crippen molar-refractivity contribution in [1.29, 1.82) is 0 Å². The number of likely N-dealkylation sites (N-methyl/N-ethyl adjacent to an activating group) is 2. The Bertz CT molecular complexity index is 413. The van der Waals surface area contributed by atoms with Gasteiger partial charge in [0.05, 0.1) is 0 Å². The summed E-state index contributed by atoms with van der Waals surface area (Å²) in [5.41, 5.74) is 3.70. The van der Waals surface area contributed by atoms with Crippen molar-refractivity contribution >= 4 is 5.69 Å². The molecule has 106 valence electrons. The predicted molar refractivity (Wildman–Crippen MR) is 80.7 cm³/mol. The summed E-state index contributed by atoms with van der Waals surface area (Å²) in [6.45, 7) is 5.08. The van der Waals surface area contributed by atoms with Crippen LogP contribution in [0.5, 0.6) is 0 Å². The van der Waals surface area contributed by atoms with E-state index in [1.165, 1.54) is 24.1 Å². The number of aromatic nitrogens is 1. The Labute approximate surface area is 116 Å². The van der Waals surface area contributed by atoms with Crippen LogP contribution in [0.15, 0.2) is 12.3 Å². The fourth-order valence-electron chi connectivity index (χ4n) is 2.08. The molecule has 0 bridgehead atoms. The van der Waals surface area contributed by atoms with Crippen molar-refractivity contribution in [2.45, 2.75) is 32.4 Å². The van der Waals surface area contributed by atoms with Gasteiger partial charge >= 0.3 is 0 Å². The third kappa shape index (κ3) is 4.48. The molecule has 0 unspecified atom stereocenters. The Morgan fingerprint density at radius 3 is 2.63 bits per heavy atom. The fourth-order valence-corrected chi connectivity index (χ4v) is 2.08. The van der Waals surface area contributed by atoms with Crippen LogP contribution in [0.3, 0.4) is 0 Å². The lowest BCUT2D eigenvalue weighted by molar-refractivity contribution is 0.416. The number of nitrogens with zero attached hydrogens (tertiary/aromatic N) is 3. The van der Waals surface area contributed by atoms with Crippen molar-refractivity contribution < 1.29 is 0 Å². The van der Waals surface area contributed by atoms with Gasteiger partial charge in [0, 0.05) is 55.9 Å². The molecule has 0 aromatic carbocycles. The largest absolute Gasteiger partial charge is 0.373 e. The van der Waals surface area contributed by atoms with E-state index in [4.69, 9.17) is 0 Å². The maximum absolute atomic E-state index is 4.44. The summed E-state index contributed by atoms with van der Waals surface area (Å²) in [5, 5.41) is 3.58. The molecule has 1 aromatic heterocycles. The van der Waals surface area contributed by atoms with Gasteiger partial charge in [-0.1, -0.05) is 0 Å². The van der Waals surface area contributed by atoms with E-state index in [1.807, 2.05) is 6.20 Å². The minimum Gasteiger partial charge on any atom is -0.373 e. The van der Waals surface area contributed by atoms with E-state index in [9.17, 15) is 0 Å². The van der Waals surface area contributed by atoms with Gasteiger partial charge in [-0.25, -0.2) is 0 Å². The van der Waals surface area contributed by atoms with Crippen LogP contribution in [0.1, 0.15) is 24.1 Å². The van der Waals surface area contributed by atoms with E-state index in [0.717, 1.165) is 31.4 Å². The smallest absolute Gasteiger partial charge is 0.0443 e. The third-order valence-electron chi connectivity index (χ3n) is 3.55. The number of anilines is 1. The molecule has 1 N–H and O–H groups in total. The van der Waals surface area contributed by atoms with Crippen molar-refractivity contribution in [3.8, 4) is 0 Å². The zero-order valence-corrected chi connectivity index (χ0v) is 12.6. The lowest BCUT2D eigenvalue weighted by Crippen LogP contribution is -2.30. The summed E-state index contributed by atoms with van der Waals surface area (Å²) in [7, 11) is 6.39.